The molecule has 0 saturated carbocycles. The van der Waals surface area contributed by atoms with Crippen molar-refractivity contribution < 1.29 is 8.42 Å². The highest BCUT2D eigenvalue weighted by atomic mass is 32.2. The van der Waals surface area contributed by atoms with Crippen LogP contribution in [0.1, 0.15) is 5.56 Å². The fourth-order valence-corrected chi connectivity index (χ4v) is 2.09. The normalized spacial score (nSPS) is 11.2. The number of nitrogens with one attached hydrogen (secondary N) is 1. The lowest BCUT2D eigenvalue weighted by molar-refractivity contribution is 0.585. The zero-order valence-corrected chi connectivity index (χ0v) is 9.83. The maximum atomic E-state index is 11.3. The molecule has 5 heteroatoms. The van der Waals surface area contributed by atoms with Gasteiger partial charge in [0.1, 0.15) is 0 Å². The zero-order valence-electron chi connectivity index (χ0n) is 9.02. The summed E-state index contributed by atoms with van der Waals surface area (Å²) in [5, 5.41) is 0. The molecule has 16 heavy (non-hydrogen) atoms. The number of hydrogen-bond donors (Lipinski definition) is 2. The molecule has 0 aliphatic carbocycles. The second-order valence-corrected chi connectivity index (χ2v) is 5.31. The SMILES string of the molecule is C=CCS(=O)(=O)NCCc1ccc(N)cc1. The summed E-state index contributed by atoms with van der Waals surface area (Å²) in [5.74, 6) is -0.0469. The van der Waals surface area contributed by atoms with Gasteiger partial charge < -0.3 is 5.73 Å². The van der Waals surface area contributed by atoms with E-state index in [2.05, 4.69) is 11.3 Å². The molecule has 88 valence electrons. The van der Waals surface area contributed by atoms with Gasteiger partial charge in [-0.3, -0.25) is 0 Å². The van der Waals surface area contributed by atoms with E-state index in [0.29, 0.717) is 18.7 Å². The highest BCUT2D eigenvalue weighted by molar-refractivity contribution is 7.89. The van der Waals surface area contributed by atoms with Gasteiger partial charge in [-0.1, -0.05) is 18.2 Å². The van der Waals surface area contributed by atoms with Crippen LogP contribution in [0.15, 0.2) is 36.9 Å². The summed E-state index contributed by atoms with van der Waals surface area (Å²) >= 11 is 0. The van der Waals surface area contributed by atoms with Crippen molar-refractivity contribution in [1.29, 1.82) is 0 Å². The van der Waals surface area contributed by atoms with Crippen LogP contribution in [-0.2, 0) is 16.4 Å². The first-order valence-corrected chi connectivity index (χ1v) is 6.61. The third kappa shape index (κ3) is 4.46. The van der Waals surface area contributed by atoms with E-state index in [0.717, 1.165) is 5.56 Å². The lowest BCUT2D eigenvalue weighted by Gasteiger charge is -2.04. The lowest BCUT2D eigenvalue weighted by atomic mass is 10.1. The summed E-state index contributed by atoms with van der Waals surface area (Å²) in [5.41, 5.74) is 7.30. The molecule has 0 radical (unpaired) electrons. The van der Waals surface area contributed by atoms with Gasteiger partial charge in [0.25, 0.3) is 0 Å². The molecular formula is C11H16N2O2S. The number of anilines is 1. The van der Waals surface area contributed by atoms with E-state index in [1.54, 1.807) is 12.1 Å². The first kappa shape index (κ1) is 12.7. The Morgan fingerprint density at radius 1 is 1.31 bits per heavy atom. The molecule has 0 bridgehead atoms. The predicted molar refractivity (Wildman–Crippen MR) is 66.5 cm³/mol. The predicted octanol–water partition coefficient (Wildman–Crippen LogP) is 0.917. The van der Waals surface area contributed by atoms with Crippen molar-refractivity contribution in [2.24, 2.45) is 0 Å². The molecule has 3 N–H and O–H groups in total. The smallest absolute Gasteiger partial charge is 0.215 e. The number of rotatable bonds is 6. The average molecular weight is 240 g/mol. The molecule has 1 aromatic rings. The average Bonchev–Trinajstić information content (AvgIpc) is 2.20. The van der Waals surface area contributed by atoms with Gasteiger partial charge >= 0.3 is 0 Å². The van der Waals surface area contributed by atoms with Gasteiger partial charge in [-0.2, -0.15) is 0 Å². The van der Waals surface area contributed by atoms with Crippen LogP contribution in [0, 0.1) is 0 Å². The van der Waals surface area contributed by atoms with Gasteiger partial charge in [-0.25, -0.2) is 13.1 Å². The van der Waals surface area contributed by atoms with Crippen molar-refractivity contribution in [1.82, 2.24) is 4.72 Å². The Hall–Kier alpha value is -1.33. The standard InChI is InChI=1S/C11H16N2O2S/c1-2-9-16(14,15)13-8-7-10-3-5-11(12)6-4-10/h2-6,13H,1,7-9,12H2. The fraction of sp³-hybridized carbons (Fsp3) is 0.273. The molecule has 0 heterocycles. The van der Waals surface area contributed by atoms with Crippen LogP contribution >= 0.6 is 0 Å². The number of benzene rings is 1. The molecule has 0 amide bonds. The van der Waals surface area contributed by atoms with E-state index >= 15 is 0 Å². The molecule has 0 unspecified atom stereocenters. The van der Waals surface area contributed by atoms with Gasteiger partial charge in [0.2, 0.25) is 10.0 Å². The monoisotopic (exact) mass is 240 g/mol. The molecule has 0 spiro atoms. The van der Waals surface area contributed by atoms with E-state index < -0.39 is 10.0 Å². The Kier molecular flexibility index (Phi) is 4.52. The molecule has 1 rings (SSSR count). The second-order valence-electron chi connectivity index (χ2n) is 3.46. The maximum Gasteiger partial charge on any atom is 0.215 e. The van der Waals surface area contributed by atoms with Crippen LogP contribution in [0.25, 0.3) is 0 Å². The highest BCUT2D eigenvalue weighted by Crippen LogP contribution is 2.05. The van der Waals surface area contributed by atoms with Crippen LogP contribution in [0.3, 0.4) is 0 Å². The number of hydrogen-bond acceptors (Lipinski definition) is 3. The molecule has 0 aliphatic heterocycles. The van der Waals surface area contributed by atoms with Gasteiger partial charge in [-0.05, 0) is 24.1 Å². The van der Waals surface area contributed by atoms with E-state index in [1.165, 1.54) is 6.08 Å². The Morgan fingerprint density at radius 2 is 1.94 bits per heavy atom. The summed E-state index contributed by atoms with van der Waals surface area (Å²) in [7, 11) is -3.20. The van der Waals surface area contributed by atoms with Crippen LogP contribution in [-0.4, -0.2) is 20.7 Å². The quantitative estimate of drug-likeness (QED) is 0.573. The van der Waals surface area contributed by atoms with Crippen LogP contribution in [0.5, 0.6) is 0 Å². The minimum Gasteiger partial charge on any atom is -0.399 e. The fourth-order valence-electron chi connectivity index (χ4n) is 1.25. The topological polar surface area (TPSA) is 72.2 Å². The molecule has 1 aromatic carbocycles. The van der Waals surface area contributed by atoms with Gasteiger partial charge in [0.05, 0.1) is 5.75 Å². The van der Waals surface area contributed by atoms with Crippen molar-refractivity contribution in [2.45, 2.75) is 6.42 Å². The second kappa shape index (κ2) is 5.67. The Balaban J connectivity index is 2.41. The van der Waals surface area contributed by atoms with Crippen molar-refractivity contribution >= 4 is 15.7 Å². The Labute approximate surface area is 96.2 Å². The largest absolute Gasteiger partial charge is 0.399 e. The molecule has 0 aliphatic rings. The summed E-state index contributed by atoms with van der Waals surface area (Å²) < 4.78 is 25.0. The van der Waals surface area contributed by atoms with Crippen molar-refractivity contribution in [3.63, 3.8) is 0 Å². The summed E-state index contributed by atoms with van der Waals surface area (Å²) in [6.07, 6.45) is 2.02. The molecule has 4 nitrogen and oxygen atoms in total. The van der Waals surface area contributed by atoms with Crippen LogP contribution in [0.4, 0.5) is 5.69 Å². The summed E-state index contributed by atoms with van der Waals surface area (Å²) in [6, 6.07) is 7.37. The minimum atomic E-state index is -3.20. The van der Waals surface area contributed by atoms with Gasteiger partial charge in [0, 0.05) is 12.2 Å². The van der Waals surface area contributed by atoms with Gasteiger partial charge in [0.15, 0.2) is 0 Å². The minimum absolute atomic E-state index is 0.0469. The van der Waals surface area contributed by atoms with E-state index in [4.69, 9.17) is 5.73 Å². The van der Waals surface area contributed by atoms with Crippen LogP contribution in [0.2, 0.25) is 0 Å². The molecular weight excluding hydrogens is 224 g/mol. The van der Waals surface area contributed by atoms with Crippen molar-refractivity contribution in [3.8, 4) is 0 Å². The summed E-state index contributed by atoms with van der Waals surface area (Å²) in [4.78, 5) is 0. The van der Waals surface area contributed by atoms with Gasteiger partial charge in [-0.15, -0.1) is 6.58 Å². The number of nitrogen functional groups attached to an aromatic ring is 1. The Morgan fingerprint density at radius 3 is 2.50 bits per heavy atom. The molecule has 0 aromatic heterocycles. The number of nitrogens with two attached hydrogens (primary N) is 1. The lowest BCUT2D eigenvalue weighted by Crippen LogP contribution is -2.27. The third-order valence-electron chi connectivity index (χ3n) is 2.05. The Bertz CT molecular complexity index is 438. The van der Waals surface area contributed by atoms with Crippen molar-refractivity contribution in [2.75, 3.05) is 18.0 Å². The molecule has 0 saturated heterocycles. The molecule has 0 fully saturated rings. The zero-order chi connectivity index (χ0) is 12.0. The highest BCUT2D eigenvalue weighted by Gasteiger charge is 2.05. The number of sulfonamides is 1. The molecule has 0 atom stereocenters. The van der Waals surface area contributed by atoms with Crippen LogP contribution < -0.4 is 10.5 Å². The first-order chi connectivity index (χ1) is 7.53. The van der Waals surface area contributed by atoms with E-state index in [9.17, 15) is 8.42 Å². The van der Waals surface area contributed by atoms with E-state index in [1.807, 2.05) is 12.1 Å². The first-order valence-electron chi connectivity index (χ1n) is 4.96. The summed E-state index contributed by atoms with van der Waals surface area (Å²) in [6.45, 7) is 3.78. The van der Waals surface area contributed by atoms with E-state index in [-0.39, 0.29) is 5.75 Å². The van der Waals surface area contributed by atoms with Crippen molar-refractivity contribution in [3.05, 3.63) is 42.5 Å². The third-order valence-corrected chi connectivity index (χ3v) is 3.37. The maximum absolute atomic E-state index is 11.3.